The van der Waals surface area contributed by atoms with Crippen molar-refractivity contribution >= 4 is 28.3 Å². The second-order valence-electron chi connectivity index (χ2n) is 6.23. The molecule has 2 aliphatic heterocycles. The van der Waals surface area contributed by atoms with Gasteiger partial charge < -0.3 is 15.2 Å². The van der Waals surface area contributed by atoms with Gasteiger partial charge in [-0.2, -0.15) is 0 Å². The monoisotopic (exact) mass is 311 g/mol. The third-order valence-corrected chi connectivity index (χ3v) is 4.88. The molecule has 0 aromatic heterocycles. The van der Waals surface area contributed by atoms with Crippen molar-refractivity contribution in [3.8, 4) is 0 Å². The highest BCUT2D eigenvalue weighted by Crippen LogP contribution is 2.44. The Hall–Kier alpha value is -2.40. The number of fused-ring (bicyclic) bond motifs is 3. The van der Waals surface area contributed by atoms with Crippen LogP contribution >= 0.6 is 0 Å². The number of carboxylic acid groups (broad SMARTS) is 1. The Balaban J connectivity index is 1.57. The molecule has 0 aliphatic carbocycles. The molecule has 2 bridgehead atoms. The second-order valence-corrected chi connectivity index (χ2v) is 6.23. The van der Waals surface area contributed by atoms with E-state index in [0.29, 0.717) is 5.69 Å². The summed E-state index contributed by atoms with van der Waals surface area (Å²) in [7, 11) is 0. The van der Waals surface area contributed by atoms with Crippen LogP contribution in [0.2, 0.25) is 0 Å². The molecule has 118 valence electrons. The van der Waals surface area contributed by atoms with Crippen molar-refractivity contribution in [2.45, 2.75) is 25.0 Å². The Morgan fingerprint density at radius 1 is 1.00 bits per heavy atom. The van der Waals surface area contributed by atoms with E-state index in [1.54, 1.807) is 0 Å². The first kappa shape index (κ1) is 14.2. The second kappa shape index (κ2) is 5.35. The molecular weight excluding hydrogens is 294 g/mol. The summed E-state index contributed by atoms with van der Waals surface area (Å²) in [5, 5.41) is 14.4. The van der Waals surface area contributed by atoms with Gasteiger partial charge in [-0.15, -0.1) is 0 Å². The predicted molar refractivity (Wildman–Crippen MR) is 85.1 cm³/mol. The fourth-order valence-electron chi connectivity index (χ4n) is 3.82. The number of rotatable bonds is 3. The van der Waals surface area contributed by atoms with Crippen LogP contribution in [0.25, 0.3) is 10.8 Å². The number of hydrogen-bond acceptors (Lipinski definition) is 3. The molecule has 2 heterocycles. The maximum atomic E-state index is 12.6. The Labute approximate surface area is 133 Å². The van der Waals surface area contributed by atoms with Crippen LogP contribution < -0.4 is 5.32 Å². The van der Waals surface area contributed by atoms with Crippen LogP contribution in [0, 0.1) is 11.8 Å². The van der Waals surface area contributed by atoms with Gasteiger partial charge in [0, 0.05) is 5.69 Å². The van der Waals surface area contributed by atoms with Crippen LogP contribution in [0.3, 0.4) is 0 Å². The lowest BCUT2D eigenvalue weighted by atomic mass is 9.78. The molecule has 4 rings (SSSR count). The molecule has 5 heteroatoms. The minimum Gasteiger partial charge on any atom is -0.481 e. The highest BCUT2D eigenvalue weighted by Gasteiger charge is 2.55. The van der Waals surface area contributed by atoms with E-state index in [4.69, 9.17) is 4.74 Å². The van der Waals surface area contributed by atoms with E-state index in [1.807, 2.05) is 42.5 Å². The van der Waals surface area contributed by atoms with Crippen LogP contribution in [0.5, 0.6) is 0 Å². The maximum absolute atomic E-state index is 12.6. The van der Waals surface area contributed by atoms with E-state index in [1.165, 1.54) is 0 Å². The van der Waals surface area contributed by atoms with Gasteiger partial charge in [-0.3, -0.25) is 9.59 Å². The first-order valence-corrected chi connectivity index (χ1v) is 7.81. The highest BCUT2D eigenvalue weighted by atomic mass is 16.5. The summed E-state index contributed by atoms with van der Waals surface area (Å²) in [6.07, 6.45) is 0.873. The maximum Gasteiger partial charge on any atom is 0.310 e. The normalized spacial score (nSPS) is 28.9. The molecule has 0 saturated carbocycles. The minimum absolute atomic E-state index is 0.264. The number of anilines is 1. The molecule has 2 aromatic rings. The van der Waals surface area contributed by atoms with Gasteiger partial charge in [0.25, 0.3) is 0 Å². The van der Waals surface area contributed by atoms with Crippen molar-refractivity contribution in [3.63, 3.8) is 0 Å². The number of amides is 1. The molecule has 0 spiro atoms. The van der Waals surface area contributed by atoms with E-state index in [-0.39, 0.29) is 18.1 Å². The summed E-state index contributed by atoms with van der Waals surface area (Å²) in [6.45, 7) is 0. The Morgan fingerprint density at radius 3 is 2.43 bits per heavy atom. The van der Waals surface area contributed by atoms with Gasteiger partial charge in [0.1, 0.15) is 0 Å². The molecule has 4 atom stereocenters. The van der Waals surface area contributed by atoms with Gasteiger partial charge in [-0.1, -0.05) is 30.3 Å². The molecule has 2 aliphatic rings. The van der Waals surface area contributed by atoms with Gasteiger partial charge in [0.05, 0.1) is 24.0 Å². The zero-order valence-electron chi connectivity index (χ0n) is 12.4. The molecule has 2 aromatic carbocycles. The van der Waals surface area contributed by atoms with E-state index in [9.17, 15) is 14.7 Å². The van der Waals surface area contributed by atoms with Crippen molar-refractivity contribution in [3.05, 3.63) is 42.5 Å². The smallest absolute Gasteiger partial charge is 0.310 e. The number of ether oxygens (including phenoxy) is 1. The molecule has 0 unspecified atom stereocenters. The van der Waals surface area contributed by atoms with Crippen molar-refractivity contribution in [1.82, 2.24) is 0 Å². The van der Waals surface area contributed by atoms with Crippen LogP contribution in [0.15, 0.2) is 42.5 Å². The van der Waals surface area contributed by atoms with Crippen LogP contribution in [-0.2, 0) is 14.3 Å². The van der Waals surface area contributed by atoms with Gasteiger partial charge in [0.2, 0.25) is 5.91 Å². The Bertz CT molecular complexity index is 787. The number of carbonyl (C=O) groups excluding carboxylic acids is 1. The predicted octanol–water partition coefficient (Wildman–Crippen LogP) is 2.66. The molecule has 2 fully saturated rings. The number of carboxylic acids is 1. The summed E-state index contributed by atoms with van der Waals surface area (Å²) in [4.78, 5) is 24.1. The lowest BCUT2D eigenvalue weighted by Crippen LogP contribution is -2.40. The zero-order valence-corrected chi connectivity index (χ0v) is 12.4. The standard InChI is InChI=1S/C18H17NO4/c20-17(15-13-7-8-14(23-13)16(15)18(21)22)19-12-6-5-10-3-1-2-4-11(10)9-12/h1-6,9,13-16H,7-8H2,(H,19,20)(H,21,22)/t13-,14-,15-,16+/m1/s1. The first-order valence-electron chi connectivity index (χ1n) is 7.81. The van der Waals surface area contributed by atoms with Crippen molar-refractivity contribution in [2.75, 3.05) is 5.32 Å². The summed E-state index contributed by atoms with van der Waals surface area (Å²) >= 11 is 0. The third-order valence-electron chi connectivity index (χ3n) is 4.88. The van der Waals surface area contributed by atoms with Gasteiger partial charge in [0.15, 0.2) is 0 Å². The minimum atomic E-state index is -0.948. The Morgan fingerprint density at radius 2 is 1.70 bits per heavy atom. The van der Waals surface area contributed by atoms with Crippen molar-refractivity contribution in [2.24, 2.45) is 11.8 Å². The van der Waals surface area contributed by atoms with Crippen molar-refractivity contribution in [1.29, 1.82) is 0 Å². The molecular formula is C18H17NO4. The molecule has 2 saturated heterocycles. The number of nitrogens with one attached hydrogen (secondary N) is 1. The Kier molecular flexibility index (Phi) is 3.31. The highest BCUT2D eigenvalue weighted by molar-refractivity contribution is 5.98. The topological polar surface area (TPSA) is 75.6 Å². The molecule has 2 N–H and O–H groups in total. The third kappa shape index (κ3) is 2.37. The first-order chi connectivity index (χ1) is 11.1. The fraction of sp³-hybridized carbons (Fsp3) is 0.333. The average Bonchev–Trinajstić information content (AvgIpc) is 3.15. The quantitative estimate of drug-likeness (QED) is 0.914. The molecule has 0 radical (unpaired) electrons. The zero-order chi connectivity index (χ0) is 16.0. The molecule has 1 amide bonds. The largest absolute Gasteiger partial charge is 0.481 e. The van der Waals surface area contributed by atoms with Crippen LogP contribution in [0.4, 0.5) is 5.69 Å². The summed E-state index contributed by atoms with van der Waals surface area (Å²) < 4.78 is 5.65. The molecule has 5 nitrogen and oxygen atoms in total. The number of hydrogen-bond donors (Lipinski definition) is 2. The van der Waals surface area contributed by atoms with Gasteiger partial charge >= 0.3 is 5.97 Å². The summed E-state index contributed by atoms with van der Waals surface area (Å²) in [6, 6.07) is 13.6. The summed E-state index contributed by atoms with van der Waals surface area (Å²) in [5.41, 5.74) is 0.681. The average molecular weight is 311 g/mol. The van der Waals surface area contributed by atoms with Gasteiger partial charge in [-0.25, -0.2) is 0 Å². The van der Waals surface area contributed by atoms with Gasteiger partial charge in [-0.05, 0) is 35.7 Å². The van der Waals surface area contributed by atoms with E-state index >= 15 is 0 Å². The van der Waals surface area contributed by atoms with Crippen LogP contribution in [-0.4, -0.2) is 29.2 Å². The van der Waals surface area contributed by atoms with E-state index < -0.39 is 17.8 Å². The van der Waals surface area contributed by atoms with E-state index in [0.717, 1.165) is 23.6 Å². The summed E-state index contributed by atoms with van der Waals surface area (Å²) in [5.74, 6) is -2.57. The number of carbonyl (C=O) groups is 2. The lowest BCUT2D eigenvalue weighted by molar-refractivity contribution is -0.147. The fourth-order valence-corrected chi connectivity index (χ4v) is 3.82. The van der Waals surface area contributed by atoms with E-state index in [2.05, 4.69) is 5.32 Å². The van der Waals surface area contributed by atoms with Crippen LogP contribution in [0.1, 0.15) is 12.8 Å². The van der Waals surface area contributed by atoms with Crippen molar-refractivity contribution < 1.29 is 19.4 Å². The number of aliphatic carboxylic acids is 1. The SMILES string of the molecule is O=C(O)[C@@H]1[C@H](C(=O)Nc2ccc3ccccc3c2)[C@H]2CC[C@H]1O2. The number of benzene rings is 2. The molecule has 23 heavy (non-hydrogen) atoms. The lowest BCUT2D eigenvalue weighted by Gasteiger charge is -2.23.